The van der Waals surface area contributed by atoms with Gasteiger partial charge in [-0.3, -0.25) is 14.5 Å². The maximum absolute atomic E-state index is 13.0. The zero-order valence-electron chi connectivity index (χ0n) is 14.2. The van der Waals surface area contributed by atoms with Crippen LogP contribution in [0.25, 0.3) is 10.8 Å². The molecule has 3 aromatic rings. The van der Waals surface area contributed by atoms with Crippen LogP contribution in [0, 0.1) is 5.82 Å². The molecule has 0 saturated carbocycles. The Labute approximate surface area is 150 Å². The number of nitrogens with one attached hydrogen (secondary N) is 1. The number of hydrogen-bond acceptors (Lipinski definition) is 2. The third-order valence-corrected chi connectivity index (χ3v) is 4.70. The molecule has 1 N–H and O–H groups in total. The van der Waals surface area contributed by atoms with Gasteiger partial charge in [0.05, 0.1) is 11.7 Å². The highest BCUT2D eigenvalue weighted by molar-refractivity contribution is 6.26. The van der Waals surface area contributed by atoms with Crippen molar-refractivity contribution < 1.29 is 14.0 Å². The lowest BCUT2D eigenvalue weighted by Crippen LogP contribution is -2.39. The van der Waals surface area contributed by atoms with Crippen molar-refractivity contribution in [3.63, 3.8) is 0 Å². The molecule has 0 fully saturated rings. The SMILES string of the molecule is CC(NC(=O)CN1C(=O)c2cccc3cccc1c23)c1ccc(F)cc1. The highest BCUT2D eigenvalue weighted by Crippen LogP contribution is 2.36. The van der Waals surface area contributed by atoms with Gasteiger partial charge in [0.25, 0.3) is 5.91 Å². The number of halogens is 1. The summed E-state index contributed by atoms with van der Waals surface area (Å²) in [6.07, 6.45) is 0. The minimum absolute atomic E-state index is 0.0574. The maximum Gasteiger partial charge on any atom is 0.259 e. The molecule has 4 rings (SSSR count). The smallest absolute Gasteiger partial charge is 0.259 e. The first-order valence-electron chi connectivity index (χ1n) is 8.43. The van der Waals surface area contributed by atoms with Crippen molar-refractivity contribution in [2.45, 2.75) is 13.0 Å². The quantitative estimate of drug-likeness (QED) is 0.779. The molecule has 4 nitrogen and oxygen atoms in total. The predicted molar refractivity (Wildman–Crippen MR) is 98.6 cm³/mol. The molecule has 5 heteroatoms. The Morgan fingerprint density at radius 3 is 2.50 bits per heavy atom. The van der Waals surface area contributed by atoms with Gasteiger partial charge >= 0.3 is 0 Å². The molecule has 3 aromatic carbocycles. The number of nitrogens with zero attached hydrogens (tertiary/aromatic N) is 1. The summed E-state index contributed by atoms with van der Waals surface area (Å²) in [5, 5.41) is 4.74. The van der Waals surface area contributed by atoms with E-state index in [4.69, 9.17) is 0 Å². The van der Waals surface area contributed by atoms with E-state index in [1.165, 1.54) is 17.0 Å². The summed E-state index contributed by atoms with van der Waals surface area (Å²) in [4.78, 5) is 26.7. The number of hydrogen-bond donors (Lipinski definition) is 1. The van der Waals surface area contributed by atoms with E-state index in [0.29, 0.717) is 5.56 Å². The van der Waals surface area contributed by atoms with E-state index in [2.05, 4.69) is 5.32 Å². The number of benzene rings is 3. The van der Waals surface area contributed by atoms with E-state index >= 15 is 0 Å². The molecular weight excluding hydrogens is 331 g/mol. The number of rotatable bonds is 4. The molecule has 1 atom stereocenters. The molecule has 0 aromatic heterocycles. The Balaban J connectivity index is 1.53. The summed E-state index contributed by atoms with van der Waals surface area (Å²) in [5.74, 6) is -0.748. The maximum atomic E-state index is 13.0. The van der Waals surface area contributed by atoms with E-state index in [-0.39, 0.29) is 30.2 Å². The van der Waals surface area contributed by atoms with E-state index in [0.717, 1.165) is 22.0 Å². The Morgan fingerprint density at radius 2 is 1.77 bits per heavy atom. The fraction of sp³-hybridized carbons (Fsp3) is 0.143. The molecule has 0 saturated heterocycles. The lowest BCUT2D eigenvalue weighted by molar-refractivity contribution is -0.120. The van der Waals surface area contributed by atoms with Crippen LogP contribution >= 0.6 is 0 Å². The van der Waals surface area contributed by atoms with Gasteiger partial charge in [-0.2, -0.15) is 0 Å². The van der Waals surface area contributed by atoms with Crippen molar-refractivity contribution in [2.75, 3.05) is 11.4 Å². The van der Waals surface area contributed by atoms with Gasteiger partial charge in [0.1, 0.15) is 12.4 Å². The molecule has 26 heavy (non-hydrogen) atoms. The lowest BCUT2D eigenvalue weighted by atomic mass is 10.1. The van der Waals surface area contributed by atoms with E-state index in [1.807, 2.05) is 37.3 Å². The van der Waals surface area contributed by atoms with Crippen LogP contribution in [0.15, 0.2) is 60.7 Å². The Hall–Kier alpha value is -3.21. The monoisotopic (exact) mass is 348 g/mol. The van der Waals surface area contributed by atoms with E-state index in [9.17, 15) is 14.0 Å². The average molecular weight is 348 g/mol. The first kappa shape index (κ1) is 16.3. The first-order valence-corrected chi connectivity index (χ1v) is 8.43. The van der Waals surface area contributed by atoms with Crippen molar-refractivity contribution in [3.05, 3.63) is 77.6 Å². The number of carbonyl (C=O) groups is 2. The summed E-state index contributed by atoms with van der Waals surface area (Å²) in [6, 6.07) is 17.0. The second-order valence-corrected chi connectivity index (χ2v) is 6.41. The van der Waals surface area contributed by atoms with Gasteiger partial charge in [-0.05, 0) is 42.1 Å². The topological polar surface area (TPSA) is 49.4 Å². The van der Waals surface area contributed by atoms with Crippen LogP contribution in [0.2, 0.25) is 0 Å². The molecule has 2 amide bonds. The van der Waals surface area contributed by atoms with Crippen LogP contribution in [0.5, 0.6) is 0 Å². The Morgan fingerprint density at radius 1 is 1.08 bits per heavy atom. The molecule has 1 aliphatic rings. The third kappa shape index (κ3) is 2.71. The van der Waals surface area contributed by atoms with Gasteiger partial charge in [-0.25, -0.2) is 4.39 Å². The molecule has 130 valence electrons. The predicted octanol–water partition coefficient (Wildman–Crippen LogP) is 3.82. The fourth-order valence-corrected chi connectivity index (χ4v) is 3.40. The molecule has 1 heterocycles. The highest BCUT2D eigenvalue weighted by Gasteiger charge is 2.31. The molecule has 1 unspecified atom stereocenters. The fourth-order valence-electron chi connectivity index (χ4n) is 3.40. The molecule has 1 aliphatic heterocycles. The normalized spacial score (nSPS) is 13.9. The van der Waals surface area contributed by atoms with Crippen LogP contribution in [0.4, 0.5) is 10.1 Å². The van der Waals surface area contributed by atoms with Crippen molar-refractivity contribution in [3.8, 4) is 0 Å². The van der Waals surface area contributed by atoms with E-state index in [1.54, 1.807) is 18.2 Å². The highest BCUT2D eigenvalue weighted by atomic mass is 19.1. The number of anilines is 1. The average Bonchev–Trinajstić information content (AvgIpc) is 2.90. The minimum atomic E-state index is -0.319. The Kier molecular flexibility index (Phi) is 3.92. The first-order chi connectivity index (χ1) is 12.5. The summed E-state index contributed by atoms with van der Waals surface area (Å²) < 4.78 is 13.0. The van der Waals surface area contributed by atoms with Gasteiger partial charge in [0.2, 0.25) is 5.91 Å². The molecular formula is C21H17FN2O2. The van der Waals surface area contributed by atoms with E-state index < -0.39 is 0 Å². The van der Waals surface area contributed by atoms with Crippen molar-refractivity contribution >= 4 is 28.3 Å². The third-order valence-electron chi connectivity index (χ3n) is 4.70. The molecule has 0 spiro atoms. The summed E-state index contributed by atoms with van der Waals surface area (Å²) >= 11 is 0. The minimum Gasteiger partial charge on any atom is -0.348 e. The van der Waals surface area contributed by atoms with Crippen LogP contribution in [-0.2, 0) is 4.79 Å². The molecule has 0 bridgehead atoms. The van der Waals surface area contributed by atoms with Crippen LogP contribution < -0.4 is 10.2 Å². The summed E-state index contributed by atoms with van der Waals surface area (Å²) in [5.41, 5.74) is 2.18. The van der Waals surface area contributed by atoms with Gasteiger partial charge < -0.3 is 5.32 Å². The van der Waals surface area contributed by atoms with Gasteiger partial charge in [-0.1, -0.05) is 36.4 Å². The summed E-state index contributed by atoms with van der Waals surface area (Å²) in [7, 11) is 0. The Bertz CT molecular complexity index is 1010. The second-order valence-electron chi connectivity index (χ2n) is 6.41. The molecule has 0 radical (unpaired) electrons. The largest absolute Gasteiger partial charge is 0.348 e. The zero-order valence-corrected chi connectivity index (χ0v) is 14.2. The van der Waals surface area contributed by atoms with Crippen LogP contribution in [0.1, 0.15) is 28.9 Å². The van der Waals surface area contributed by atoms with Gasteiger partial charge in [0, 0.05) is 10.9 Å². The van der Waals surface area contributed by atoms with Crippen LogP contribution in [-0.4, -0.2) is 18.4 Å². The standard InChI is InChI=1S/C21H17FN2O2/c1-13(14-8-10-16(22)11-9-14)23-19(25)12-24-18-7-3-5-15-4-2-6-17(20(15)18)21(24)26/h2-11,13H,12H2,1H3,(H,23,25). The second kappa shape index (κ2) is 6.26. The van der Waals surface area contributed by atoms with Gasteiger partial charge in [0.15, 0.2) is 0 Å². The number of carbonyl (C=O) groups excluding carboxylic acids is 2. The lowest BCUT2D eigenvalue weighted by Gasteiger charge is -2.20. The molecule has 0 aliphatic carbocycles. The van der Waals surface area contributed by atoms with Gasteiger partial charge in [-0.15, -0.1) is 0 Å². The van der Waals surface area contributed by atoms with Crippen LogP contribution in [0.3, 0.4) is 0 Å². The van der Waals surface area contributed by atoms with Crippen molar-refractivity contribution in [2.24, 2.45) is 0 Å². The number of amides is 2. The zero-order chi connectivity index (χ0) is 18.3. The van der Waals surface area contributed by atoms with Crippen molar-refractivity contribution in [1.29, 1.82) is 0 Å². The van der Waals surface area contributed by atoms with Crippen molar-refractivity contribution in [1.82, 2.24) is 5.32 Å². The summed E-state index contributed by atoms with van der Waals surface area (Å²) in [6.45, 7) is 1.77.